The Morgan fingerprint density at radius 1 is 1.59 bits per heavy atom. The summed E-state index contributed by atoms with van der Waals surface area (Å²) in [5.41, 5.74) is 0. The highest BCUT2D eigenvalue weighted by Gasteiger charge is 2.32. The van der Waals surface area contributed by atoms with Crippen molar-refractivity contribution in [3.63, 3.8) is 0 Å². The molecular formula is C14H20N2S. The monoisotopic (exact) mass is 248 g/mol. The van der Waals surface area contributed by atoms with Crippen LogP contribution in [0.3, 0.4) is 0 Å². The molecule has 3 unspecified atom stereocenters. The molecule has 1 aliphatic rings. The lowest BCUT2D eigenvalue weighted by Crippen LogP contribution is -2.41. The van der Waals surface area contributed by atoms with Gasteiger partial charge in [0.2, 0.25) is 0 Å². The van der Waals surface area contributed by atoms with Crippen molar-refractivity contribution in [1.82, 2.24) is 4.90 Å². The largest absolute Gasteiger partial charge is 0.299 e. The number of nitriles is 1. The highest BCUT2D eigenvalue weighted by Crippen LogP contribution is 2.30. The van der Waals surface area contributed by atoms with Crippen molar-refractivity contribution in [2.45, 2.75) is 44.7 Å². The molecule has 0 aromatic carbocycles. The van der Waals surface area contributed by atoms with E-state index in [1.165, 1.54) is 17.7 Å². The Bertz CT molecular complexity index is 379. The van der Waals surface area contributed by atoms with E-state index in [2.05, 4.69) is 42.5 Å². The fraction of sp³-hybridized carbons (Fsp3) is 0.643. The number of nitrogens with zero attached hydrogens (tertiary/aromatic N) is 2. The predicted octanol–water partition coefficient (Wildman–Crippen LogP) is 3.30. The zero-order chi connectivity index (χ0) is 12.3. The van der Waals surface area contributed by atoms with Crippen LogP contribution in [0.1, 0.15) is 31.1 Å². The smallest absolute Gasteiger partial charge is 0.0672 e. The molecule has 0 N–H and O–H groups in total. The van der Waals surface area contributed by atoms with Crippen molar-refractivity contribution in [3.05, 3.63) is 22.4 Å². The Labute approximate surface area is 108 Å². The first kappa shape index (κ1) is 12.6. The number of hydrogen-bond donors (Lipinski definition) is 0. The molecule has 1 aliphatic carbocycles. The molecule has 3 atom stereocenters. The van der Waals surface area contributed by atoms with Gasteiger partial charge >= 0.3 is 0 Å². The average molecular weight is 248 g/mol. The summed E-state index contributed by atoms with van der Waals surface area (Å²) in [5, 5.41) is 11.3. The molecule has 92 valence electrons. The second-order valence-corrected chi connectivity index (χ2v) is 6.06. The minimum absolute atomic E-state index is 0.241. The van der Waals surface area contributed by atoms with Crippen molar-refractivity contribution in [2.24, 2.45) is 5.92 Å². The van der Waals surface area contributed by atoms with Crippen molar-refractivity contribution < 1.29 is 0 Å². The summed E-state index contributed by atoms with van der Waals surface area (Å²) in [6, 6.07) is 7.77. The molecule has 0 amide bonds. The first-order valence-corrected chi connectivity index (χ1v) is 7.24. The van der Waals surface area contributed by atoms with E-state index in [4.69, 9.17) is 5.26 Å². The van der Waals surface area contributed by atoms with Crippen LogP contribution in [0.5, 0.6) is 0 Å². The second kappa shape index (κ2) is 5.66. The van der Waals surface area contributed by atoms with Gasteiger partial charge < -0.3 is 0 Å². The van der Waals surface area contributed by atoms with Crippen LogP contribution in [-0.2, 0) is 6.42 Å². The van der Waals surface area contributed by atoms with E-state index in [0.717, 1.165) is 12.8 Å². The number of thiophene rings is 1. The fourth-order valence-corrected chi connectivity index (χ4v) is 3.60. The van der Waals surface area contributed by atoms with Crippen LogP contribution in [0.4, 0.5) is 0 Å². The van der Waals surface area contributed by atoms with Gasteiger partial charge in [0.25, 0.3) is 0 Å². The molecule has 0 saturated heterocycles. The maximum Gasteiger partial charge on any atom is 0.0672 e. The summed E-state index contributed by atoms with van der Waals surface area (Å²) < 4.78 is 0. The number of rotatable bonds is 4. The van der Waals surface area contributed by atoms with E-state index in [9.17, 15) is 0 Å². The summed E-state index contributed by atoms with van der Waals surface area (Å²) in [5.74, 6) is 0.241. The van der Waals surface area contributed by atoms with E-state index in [1.54, 1.807) is 0 Å². The summed E-state index contributed by atoms with van der Waals surface area (Å²) >= 11 is 1.83. The third-order valence-electron chi connectivity index (χ3n) is 3.94. The lowest BCUT2D eigenvalue weighted by atomic mass is 10.0. The van der Waals surface area contributed by atoms with E-state index in [0.29, 0.717) is 12.1 Å². The fourth-order valence-electron chi connectivity index (χ4n) is 2.77. The van der Waals surface area contributed by atoms with Gasteiger partial charge in [-0.1, -0.05) is 12.5 Å². The van der Waals surface area contributed by atoms with Crippen molar-refractivity contribution in [2.75, 3.05) is 7.05 Å². The number of likely N-dealkylation sites (N-methyl/N-ethyl adjacent to an activating group) is 1. The van der Waals surface area contributed by atoms with Gasteiger partial charge in [0.05, 0.1) is 12.0 Å². The average Bonchev–Trinajstić information content (AvgIpc) is 2.97. The minimum Gasteiger partial charge on any atom is -0.299 e. The van der Waals surface area contributed by atoms with E-state index in [-0.39, 0.29) is 5.92 Å². The van der Waals surface area contributed by atoms with Crippen LogP contribution in [0, 0.1) is 17.2 Å². The topological polar surface area (TPSA) is 27.0 Å². The van der Waals surface area contributed by atoms with Crippen molar-refractivity contribution in [3.8, 4) is 6.07 Å². The first-order chi connectivity index (χ1) is 8.22. The molecule has 1 aromatic heterocycles. The summed E-state index contributed by atoms with van der Waals surface area (Å²) in [7, 11) is 2.18. The molecule has 1 saturated carbocycles. The molecular weight excluding hydrogens is 228 g/mol. The molecule has 17 heavy (non-hydrogen) atoms. The second-order valence-electron chi connectivity index (χ2n) is 5.03. The minimum atomic E-state index is 0.241. The Morgan fingerprint density at radius 2 is 2.41 bits per heavy atom. The maximum atomic E-state index is 9.15. The SMILES string of the molecule is CC(Cc1cccs1)N(C)C1CCCC1C#N. The third-order valence-corrected chi connectivity index (χ3v) is 4.84. The van der Waals surface area contributed by atoms with E-state index in [1.807, 2.05) is 11.3 Å². The summed E-state index contributed by atoms with van der Waals surface area (Å²) in [4.78, 5) is 3.86. The molecule has 3 heteroatoms. The van der Waals surface area contributed by atoms with E-state index >= 15 is 0 Å². The highest BCUT2D eigenvalue weighted by molar-refractivity contribution is 7.09. The molecule has 0 spiro atoms. The van der Waals surface area contributed by atoms with Crippen LogP contribution in [-0.4, -0.2) is 24.0 Å². The lowest BCUT2D eigenvalue weighted by Gasteiger charge is -2.32. The van der Waals surface area contributed by atoms with Crippen LogP contribution in [0.2, 0.25) is 0 Å². The Hall–Kier alpha value is -0.850. The van der Waals surface area contributed by atoms with Crippen LogP contribution in [0.25, 0.3) is 0 Å². The maximum absolute atomic E-state index is 9.15. The number of hydrogen-bond acceptors (Lipinski definition) is 3. The molecule has 0 bridgehead atoms. The molecule has 1 aromatic rings. The predicted molar refractivity (Wildman–Crippen MR) is 72.0 cm³/mol. The first-order valence-electron chi connectivity index (χ1n) is 6.36. The quantitative estimate of drug-likeness (QED) is 0.817. The van der Waals surface area contributed by atoms with Crippen LogP contribution in [0.15, 0.2) is 17.5 Å². The van der Waals surface area contributed by atoms with Gasteiger partial charge in [0.15, 0.2) is 0 Å². The Morgan fingerprint density at radius 3 is 3.06 bits per heavy atom. The normalized spacial score (nSPS) is 26.0. The van der Waals surface area contributed by atoms with Crippen molar-refractivity contribution >= 4 is 11.3 Å². The van der Waals surface area contributed by atoms with E-state index < -0.39 is 0 Å². The van der Waals surface area contributed by atoms with Crippen molar-refractivity contribution in [1.29, 1.82) is 5.26 Å². The molecule has 1 heterocycles. The van der Waals surface area contributed by atoms with Gasteiger partial charge in [-0.3, -0.25) is 4.90 Å². The summed E-state index contributed by atoms with van der Waals surface area (Å²) in [6.45, 7) is 2.27. The molecule has 2 rings (SSSR count). The van der Waals surface area contributed by atoms with Crippen LogP contribution < -0.4 is 0 Å². The summed E-state index contributed by atoms with van der Waals surface area (Å²) in [6.07, 6.45) is 4.57. The van der Waals surface area contributed by atoms with Gasteiger partial charge in [-0.25, -0.2) is 0 Å². The van der Waals surface area contributed by atoms with Gasteiger partial charge in [0.1, 0.15) is 0 Å². The van der Waals surface area contributed by atoms with Gasteiger partial charge in [-0.15, -0.1) is 11.3 Å². The molecule has 0 radical (unpaired) electrons. The third kappa shape index (κ3) is 2.88. The lowest BCUT2D eigenvalue weighted by molar-refractivity contribution is 0.166. The molecule has 0 aliphatic heterocycles. The van der Waals surface area contributed by atoms with Gasteiger partial charge in [0, 0.05) is 17.0 Å². The Balaban J connectivity index is 1.95. The van der Waals surface area contributed by atoms with Crippen LogP contribution >= 0.6 is 11.3 Å². The zero-order valence-electron chi connectivity index (χ0n) is 10.6. The van der Waals surface area contributed by atoms with Gasteiger partial charge in [-0.2, -0.15) is 5.26 Å². The highest BCUT2D eigenvalue weighted by atomic mass is 32.1. The molecule has 2 nitrogen and oxygen atoms in total. The molecule has 1 fully saturated rings. The standard InChI is InChI=1S/C14H20N2S/c1-11(9-13-6-4-8-17-13)16(2)14-7-3-5-12(14)10-15/h4,6,8,11-12,14H,3,5,7,9H2,1-2H3. The van der Waals surface area contributed by atoms with Gasteiger partial charge in [-0.05, 0) is 44.7 Å². The Kier molecular flexibility index (Phi) is 4.20. The zero-order valence-corrected chi connectivity index (χ0v) is 11.4.